The predicted molar refractivity (Wildman–Crippen MR) is 69.9 cm³/mol. The van der Waals surface area contributed by atoms with Gasteiger partial charge in [-0.25, -0.2) is 4.39 Å². The Labute approximate surface area is 107 Å². The van der Waals surface area contributed by atoms with Gasteiger partial charge in [0, 0.05) is 5.69 Å². The Morgan fingerprint density at radius 3 is 2.33 bits per heavy atom. The Hall–Kier alpha value is -1.42. The summed E-state index contributed by atoms with van der Waals surface area (Å²) in [6, 6.07) is 5.66. The third-order valence-electron chi connectivity index (χ3n) is 2.27. The zero-order chi connectivity index (χ0) is 13.8. The van der Waals surface area contributed by atoms with Crippen LogP contribution in [0.5, 0.6) is 0 Å². The van der Waals surface area contributed by atoms with Crippen molar-refractivity contribution in [1.82, 2.24) is 0 Å². The molecule has 0 saturated heterocycles. The van der Waals surface area contributed by atoms with Crippen LogP contribution in [0.4, 0.5) is 10.1 Å². The van der Waals surface area contributed by atoms with Crippen molar-refractivity contribution in [3.05, 3.63) is 30.1 Å². The van der Waals surface area contributed by atoms with Crippen molar-refractivity contribution in [2.45, 2.75) is 45.8 Å². The van der Waals surface area contributed by atoms with Crippen LogP contribution >= 0.6 is 0 Å². The van der Waals surface area contributed by atoms with Crippen LogP contribution in [0.3, 0.4) is 0 Å². The molecule has 1 atom stereocenters. The van der Waals surface area contributed by atoms with Gasteiger partial charge in [0.15, 0.2) is 0 Å². The van der Waals surface area contributed by atoms with Crippen molar-refractivity contribution in [2.75, 3.05) is 5.32 Å². The molecule has 1 aromatic rings. The van der Waals surface area contributed by atoms with Crippen LogP contribution in [0, 0.1) is 5.82 Å². The molecule has 0 spiro atoms. The number of rotatable bonds is 4. The van der Waals surface area contributed by atoms with E-state index in [1.165, 1.54) is 24.3 Å². The number of hydrogen-bond donors (Lipinski definition) is 1. The largest absolute Gasteiger partial charge is 0.363 e. The van der Waals surface area contributed by atoms with E-state index in [2.05, 4.69) is 5.32 Å². The highest BCUT2D eigenvalue weighted by atomic mass is 19.1. The van der Waals surface area contributed by atoms with Gasteiger partial charge >= 0.3 is 0 Å². The third-order valence-corrected chi connectivity index (χ3v) is 2.27. The second-order valence-corrected chi connectivity index (χ2v) is 5.12. The molecule has 4 heteroatoms. The van der Waals surface area contributed by atoms with Gasteiger partial charge in [-0.1, -0.05) is 6.92 Å². The number of benzene rings is 1. The maximum Gasteiger partial charge on any atom is 0.253 e. The van der Waals surface area contributed by atoms with E-state index < -0.39 is 6.10 Å². The summed E-state index contributed by atoms with van der Waals surface area (Å²) in [6.07, 6.45) is 0.0830. The summed E-state index contributed by atoms with van der Waals surface area (Å²) in [5, 5.41) is 2.71. The maximum absolute atomic E-state index is 12.7. The number of carbonyl (C=O) groups excluding carboxylic acids is 1. The Morgan fingerprint density at radius 2 is 1.89 bits per heavy atom. The minimum absolute atomic E-state index is 0.209. The first-order valence-electron chi connectivity index (χ1n) is 6.06. The summed E-state index contributed by atoms with van der Waals surface area (Å²) < 4.78 is 18.4. The van der Waals surface area contributed by atoms with E-state index >= 15 is 0 Å². The first kappa shape index (κ1) is 14.6. The van der Waals surface area contributed by atoms with Crippen LogP contribution in [0.15, 0.2) is 24.3 Å². The summed E-state index contributed by atoms with van der Waals surface area (Å²) in [5.74, 6) is -0.537. The van der Waals surface area contributed by atoms with Gasteiger partial charge < -0.3 is 10.1 Å². The monoisotopic (exact) mass is 253 g/mol. The van der Waals surface area contributed by atoms with Crippen molar-refractivity contribution < 1.29 is 13.9 Å². The molecule has 100 valence electrons. The Bertz CT molecular complexity index is 395. The van der Waals surface area contributed by atoms with Crippen molar-refractivity contribution in [3.63, 3.8) is 0 Å². The van der Waals surface area contributed by atoms with Crippen molar-refractivity contribution in [3.8, 4) is 0 Å². The number of hydrogen-bond acceptors (Lipinski definition) is 2. The summed E-state index contributed by atoms with van der Waals surface area (Å²) in [6.45, 7) is 7.60. The highest BCUT2D eigenvalue weighted by molar-refractivity contribution is 5.94. The molecule has 0 bridgehead atoms. The molecule has 0 aromatic heterocycles. The van der Waals surface area contributed by atoms with E-state index in [9.17, 15) is 9.18 Å². The Morgan fingerprint density at radius 1 is 1.33 bits per heavy atom. The Balaban J connectivity index is 2.65. The summed E-state index contributed by atoms with van der Waals surface area (Å²) >= 11 is 0. The number of halogens is 1. The number of anilines is 1. The van der Waals surface area contributed by atoms with Crippen molar-refractivity contribution >= 4 is 11.6 Å². The van der Waals surface area contributed by atoms with E-state index in [-0.39, 0.29) is 17.3 Å². The summed E-state index contributed by atoms with van der Waals surface area (Å²) in [5.41, 5.74) is 0.193. The fourth-order valence-corrected chi connectivity index (χ4v) is 1.50. The second-order valence-electron chi connectivity index (χ2n) is 5.12. The molecular weight excluding hydrogens is 233 g/mol. The molecule has 18 heavy (non-hydrogen) atoms. The number of amides is 1. The number of nitrogens with one attached hydrogen (secondary N) is 1. The molecule has 0 heterocycles. The van der Waals surface area contributed by atoms with E-state index in [0.29, 0.717) is 12.1 Å². The number of ether oxygens (including phenoxy) is 1. The lowest BCUT2D eigenvalue weighted by molar-refractivity contribution is -0.137. The highest BCUT2D eigenvalue weighted by Gasteiger charge is 2.23. The minimum atomic E-state index is -0.505. The van der Waals surface area contributed by atoms with Gasteiger partial charge in [-0.3, -0.25) is 4.79 Å². The van der Waals surface area contributed by atoms with Gasteiger partial charge in [0.25, 0.3) is 5.91 Å². The summed E-state index contributed by atoms with van der Waals surface area (Å²) in [4.78, 5) is 12.0. The Kier molecular flexibility index (Phi) is 4.84. The second kappa shape index (κ2) is 5.96. The molecule has 0 saturated carbocycles. The average molecular weight is 253 g/mol. The molecule has 0 aliphatic carbocycles. The first-order valence-corrected chi connectivity index (χ1v) is 6.06. The molecular formula is C14H20FNO2. The van der Waals surface area contributed by atoms with Gasteiger partial charge in [0.2, 0.25) is 0 Å². The zero-order valence-electron chi connectivity index (χ0n) is 11.3. The van der Waals surface area contributed by atoms with Crippen LogP contribution in [-0.2, 0) is 9.53 Å². The molecule has 3 nitrogen and oxygen atoms in total. The van der Waals surface area contributed by atoms with Gasteiger partial charge in [-0.15, -0.1) is 0 Å². The standard InChI is InChI=1S/C14H20FNO2/c1-5-12(18-14(2,3)4)13(17)16-11-8-6-10(15)7-9-11/h6-9,12H,5H2,1-4H3,(H,16,17). The third kappa shape index (κ3) is 4.84. The van der Waals surface area contributed by atoms with Crippen LogP contribution in [-0.4, -0.2) is 17.6 Å². The molecule has 1 N–H and O–H groups in total. The first-order chi connectivity index (χ1) is 8.31. The fraction of sp³-hybridized carbons (Fsp3) is 0.500. The minimum Gasteiger partial charge on any atom is -0.363 e. The molecule has 1 rings (SSSR count). The molecule has 0 radical (unpaired) electrons. The number of carbonyl (C=O) groups is 1. The average Bonchev–Trinajstić information content (AvgIpc) is 2.27. The van der Waals surface area contributed by atoms with Crippen LogP contribution in [0.2, 0.25) is 0 Å². The van der Waals surface area contributed by atoms with Crippen molar-refractivity contribution in [2.24, 2.45) is 0 Å². The quantitative estimate of drug-likeness (QED) is 0.893. The molecule has 0 fully saturated rings. The SMILES string of the molecule is CCC(OC(C)(C)C)C(=O)Nc1ccc(F)cc1. The smallest absolute Gasteiger partial charge is 0.253 e. The topological polar surface area (TPSA) is 38.3 Å². The summed E-state index contributed by atoms with van der Waals surface area (Å²) in [7, 11) is 0. The van der Waals surface area contributed by atoms with E-state index in [4.69, 9.17) is 4.74 Å². The molecule has 0 aliphatic rings. The van der Waals surface area contributed by atoms with E-state index in [0.717, 1.165) is 0 Å². The van der Waals surface area contributed by atoms with E-state index in [1.807, 2.05) is 27.7 Å². The lowest BCUT2D eigenvalue weighted by atomic mass is 10.1. The van der Waals surface area contributed by atoms with Gasteiger partial charge in [-0.05, 0) is 51.5 Å². The lowest BCUT2D eigenvalue weighted by Crippen LogP contribution is -2.36. The van der Waals surface area contributed by atoms with Gasteiger partial charge in [-0.2, -0.15) is 0 Å². The molecule has 1 amide bonds. The van der Waals surface area contributed by atoms with Crippen LogP contribution in [0.1, 0.15) is 34.1 Å². The zero-order valence-corrected chi connectivity index (χ0v) is 11.3. The van der Waals surface area contributed by atoms with Crippen LogP contribution < -0.4 is 5.32 Å². The fourth-order valence-electron chi connectivity index (χ4n) is 1.50. The maximum atomic E-state index is 12.7. The highest BCUT2D eigenvalue weighted by Crippen LogP contribution is 2.15. The molecule has 0 aliphatic heterocycles. The predicted octanol–water partition coefficient (Wildman–Crippen LogP) is 3.36. The normalized spacial score (nSPS) is 13.2. The lowest BCUT2D eigenvalue weighted by Gasteiger charge is -2.26. The van der Waals surface area contributed by atoms with Gasteiger partial charge in [0.05, 0.1) is 5.60 Å². The van der Waals surface area contributed by atoms with E-state index in [1.54, 1.807) is 0 Å². The van der Waals surface area contributed by atoms with Crippen LogP contribution in [0.25, 0.3) is 0 Å². The molecule has 1 unspecified atom stereocenters. The van der Waals surface area contributed by atoms with Gasteiger partial charge in [0.1, 0.15) is 11.9 Å². The van der Waals surface area contributed by atoms with Crippen molar-refractivity contribution in [1.29, 1.82) is 0 Å². The molecule has 1 aromatic carbocycles.